The molecule has 0 unspecified atom stereocenters. The summed E-state index contributed by atoms with van der Waals surface area (Å²) in [4.78, 5) is 16.7. The molecule has 10 heteroatoms. The number of nitrogen functional groups attached to an aromatic ring is 1. The summed E-state index contributed by atoms with van der Waals surface area (Å²) >= 11 is 1.70. The molecule has 0 saturated carbocycles. The van der Waals surface area contributed by atoms with E-state index in [4.69, 9.17) is 17.3 Å². The van der Waals surface area contributed by atoms with Crippen molar-refractivity contribution in [2.24, 2.45) is 11.6 Å². The molecule has 3 aromatic rings. The maximum absolute atomic E-state index is 14.1. The molecule has 0 aliphatic carbocycles. The molecule has 4 rings (SSSR count). The SMILES string of the molecule is NC(=O)c1c(F)cc(-c2ccc(N)c(N(N)Cc3ccc4c(c3)SCN4)n2)cc1F. The molecule has 7 N–H and O–H groups in total. The highest BCUT2D eigenvalue weighted by Crippen LogP contribution is 2.35. The largest absolute Gasteiger partial charge is 0.396 e. The Kier molecular flexibility index (Phi) is 5.18. The number of anilines is 3. The van der Waals surface area contributed by atoms with Crippen molar-refractivity contribution in [1.29, 1.82) is 0 Å². The van der Waals surface area contributed by atoms with Gasteiger partial charge >= 0.3 is 0 Å². The number of fused-ring (bicyclic) bond motifs is 1. The van der Waals surface area contributed by atoms with Crippen LogP contribution in [0.2, 0.25) is 0 Å². The Hall–Kier alpha value is -3.37. The molecule has 1 aliphatic heterocycles. The summed E-state index contributed by atoms with van der Waals surface area (Å²) in [6.07, 6.45) is 0. The fourth-order valence-electron chi connectivity index (χ4n) is 3.20. The number of rotatable bonds is 5. The Balaban J connectivity index is 1.64. The number of hydrazine groups is 1. The second-order valence-corrected chi connectivity index (χ2v) is 7.73. The van der Waals surface area contributed by atoms with Crippen LogP contribution in [-0.2, 0) is 6.54 Å². The first kappa shape index (κ1) is 19.9. The zero-order valence-electron chi connectivity index (χ0n) is 15.7. The number of nitrogens with zero attached hydrogens (tertiary/aromatic N) is 2. The van der Waals surface area contributed by atoms with Gasteiger partial charge in [-0.25, -0.2) is 19.6 Å². The predicted molar refractivity (Wildman–Crippen MR) is 114 cm³/mol. The zero-order chi connectivity index (χ0) is 21.4. The third-order valence-electron chi connectivity index (χ3n) is 4.65. The van der Waals surface area contributed by atoms with Crippen molar-refractivity contribution in [3.8, 4) is 11.3 Å². The fourth-order valence-corrected chi connectivity index (χ4v) is 4.11. The maximum Gasteiger partial charge on any atom is 0.254 e. The van der Waals surface area contributed by atoms with Gasteiger partial charge in [-0.05, 0) is 42.0 Å². The average Bonchev–Trinajstić information content (AvgIpc) is 3.15. The van der Waals surface area contributed by atoms with E-state index in [9.17, 15) is 13.6 Å². The minimum absolute atomic E-state index is 0.129. The van der Waals surface area contributed by atoms with E-state index in [1.165, 1.54) is 11.1 Å². The number of pyridine rings is 1. The monoisotopic (exact) mass is 428 g/mol. The van der Waals surface area contributed by atoms with Crippen LogP contribution in [0.1, 0.15) is 15.9 Å². The van der Waals surface area contributed by atoms with Crippen LogP contribution in [-0.4, -0.2) is 16.8 Å². The molecule has 0 radical (unpaired) electrons. The highest BCUT2D eigenvalue weighted by molar-refractivity contribution is 7.99. The van der Waals surface area contributed by atoms with Gasteiger partial charge in [0, 0.05) is 16.1 Å². The molecule has 30 heavy (non-hydrogen) atoms. The highest BCUT2D eigenvalue weighted by atomic mass is 32.2. The molecule has 1 aromatic heterocycles. The molecular formula is C20H18F2N6OS. The Morgan fingerprint density at radius 1 is 1.17 bits per heavy atom. The first-order valence-electron chi connectivity index (χ1n) is 8.91. The van der Waals surface area contributed by atoms with Crippen LogP contribution in [0.15, 0.2) is 47.4 Å². The smallest absolute Gasteiger partial charge is 0.254 e. The summed E-state index contributed by atoms with van der Waals surface area (Å²) in [7, 11) is 0. The number of hydrogen-bond donors (Lipinski definition) is 4. The third-order valence-corrected chi connectivity index (χ3v) is 5.59. The molecular weight excluding hydrogens is 410 g/mol. The molecule has 2 aromatic carbocycles. The van der Waals surface area contributed by atoms with Gasteiger partial charge in [0.2, 0.25) is 0 Å². The highest BCUT2D eigenvalue weighted by Gasteiger charge is 2.19. The normalized spacial score (nSPS) is 12.4. The quantitative estimate of drug-likeness (QED) is 0.364. The van der Waals surface area contributed by atoms with Gasteiger partial charge < -0.3 is 16.8 Å². The van der Waals surface area contributed by atoms with E-state index < -0.39 is 23.1 Å². The molecule has 2 heterocycles. The van der Waals surface area contributed by atoms with E-state index >= 15 is 0 Å². The predicted octanol–water partition coefficient (Wildman–Crippen LogP) is 3.06. The number of aromatic nitrogens is 1. The van der Waals surface area contributed by atoms with Crippen LogP contribution in [0, 0.1) is 11.6 Å². The summed E-state index contributed by atoms with van der Waals surface area (Å²) in [6, 6.07) is 11.0. The summed E-state index contributed by atoms with van der Waals surface area (Å²) in [6.45, 7) is 0.331. The van der Waals surface area contributed by atoms with Crippen LogP contribution in [0.4, 0.5) is 26.0 Å². The molecule has 154 valence electrons. The maximum atomic E-state index is 14.1. The topological polar surface area (TPSA) is 123 Å². The number of halogens is 2. The summed E-state index contributed by atoms with van der Waals surface area (Å²) in [5.41, 5.74) is 13.0. The number of carbonyl (C=O) groups excluding carboxylic acids is 1. The van der Waals surface area contributed by atoms with Gasteiger partial charge in [0.15, 0.2) is 5.82 Å². The number of carbonyl (C=O) groups is 1. The van der Waals surface area contributed by atoms with Crippen molar-refractivity contribution < 1.29 is 13.6 Å². The summed E-state index contributed by atoms with van der Waals surface area (Å²) < 4.78 is 28.3. The Morgan fingerprint density at radius 2 is 1.90 bits per heavy atom. The number of nitrogens with two attached hydrogens (primary N) is 3. The summed E-state index contributed by atoms with van der Waals surface area (Å²) in [5, 5.41) is 4.64. The lowest BCUT2D eigenvalue weighted by Crippen LogP contribution is -2.31. The van der Waals surface area contributed by atoms with Gasteiger partial charge in [0.1, 0.15) is 17.2 Å². The minimum Gasteiger partial charge on any atom is -0.396 e. The summed E-state index contributed by atoms with van der Waals surface area (Å²) in [5.74, 6) is 3.98. The van der Waals surface area contributed by atoms with Crippen molar-refractivity contribution >= 4 is 34.9 Å². The molecule has 0 saturated heterocycles. The Labute approximate surface area is 175 Å². The molecule has 0 bridgehead atoms. The van der Waals surface area contributed by atoms with Crippen LogP contribution >= 0.6 is 11.8 Å². The second kappa shape index (κ2) is 7.81. The lowest BCUT2D eigenvalue weighted by atomic mass is 10.1. The Bertz CT molecular complexity index is 1130. The third kappa shape index (κ3) is 3.74. The standard InChI is InChI=1S/C20H18F2N6OS/c21-12-6-11(7-13(22)18(12)19(24)29)15-4-2-14(23)20(27-15)28(25)8-10-1-3-16-17(5-10)30-9-26-16/h1-7,26H,8-9,23,25H2,(H2,24,29). The van der Waals surface area contributed by atoms with Crippen LogP contribution in [0.3, 0.4) is 0 Å². The second-order valence-electron chi connectivity index (χ2n) is 6.71. The Morgan fingerprint density at radius 3 is 2.60 bits per heavy atom. The van der Waals surface area contributed by atoms with Crippen LogP contribution < -0.4 is 27.6 Å². The number of primary amides is 1. The zero-order valence-corrected chi connectivity index (χ0v) is 16.5. The van der Waals surface area contributed by atoms with Gasteiger partial charge in [-0.15, -0.1) is 11.8 Å². The van der Waals surface area contributed by atoms with Crippen molar-refractivity contribution in [2.75, 3.05) is 21.9 Å². The van der Waals surface area contributed by atoms with E-state index in [-0.39, 0.29) is 17.1 Å². The molecule has 1 amide bonds. The van der Waals surface area contributed by atoms with Crippen LogP contribution in [0.25, 0.3) is 11.3 Å². The molecule has 0 spiro atoms. The van der Waals surface area contributed by atoms with E-state index in [0.717, 1.165) is 34.2 Å². The van der Waals surface area contributed by atoms with E-state index in [0.29, 0.717) is 12.2 Å². The molecule has 7 nitrogen and oxygen atoms in total. The van der Waals surface area contributed by atoms with E-state index in [1.807, 2.05) is 18.2 Å². The van der Waals surface area contributed by atoms with Gasteiger partial charge in [0.25, 0.3) is 5.91 Å². The first-order valence-corrected chi connectivity index (χ1v) is 9.89. The minimum atomic E-state index is -1.18. The van der Waals surface area contributed by atoms with Gasteiger partial charge in [-0.3, -0.25) is 9.80 Å². The average molecular weight is 428 g/mol. The van der Waals surface area contributed by atoms with Crippen molar-refractivity contribution in [3.63, 3.8) is 0 Å². The lowest BCUT2D eigenvalue weighted by molar-refractivity contribution is 0.0992. The molecule has 0 fully saturated rings. The van der Waals surface area contributed by atoms with E-state index in [1.54, 1.807) is 17.8 Å². The number of amides is 1. The number of nitrogens with one attached hydrogen (secondary N) is 1. The van der Waals surface area contributed by atoms with E-state index in [2.05, 4.69) is 10.3 Å². The van der Waals surface area contributed by atoms with Crippen LogP contribution in [0.5, 0.6) is 0 Å². The van der Waals surface area contributed by atoms with Gasteiger partial charge in [-0.2, -0.15) is 0 Å². The van der Waals surface area contributed by atoms with Crippen molar-refractivity contribution in [3.05, 3.63) is 65.2 Å². The fraction of sp³-hybridized carbons (Fsp3) is 0.100. The van der Waals surface area contributed by atoms with Gasteiger partial charge in [-0.1, -0.05) is 6.07 Å². The lowest BCUT2D eigenvalue weighted by Gasteiger charge is -2.20. The van der Waals surface area contributed by atoms with Gasteiger partial charge in [0.05, 0.1) is 23.8 Å². The number of thioether (sulfide) groups is 1. The van der Waals surface area contributed by atoms with Crippen molar-refractivity contribution in [2.45, 2.75) is 11.4 Å². The van der Waals surface area contributed by atoms with Crippen molar-refractivity contribution in [1.82, 2.24) is 4.98 Å². The first-order chi connectivity index (χ1) is 14.3. The number of hydrogen-bond acceptors (Lipinski definition) is 7. The molecule has 0 atom stereocenters. The number of benzene rings is 2. The molecule has 1 aliphatic rings.